The van der Waals surface area contributed by atoms with Crippen LogP contribution in [0.15, 0.2) is 41.3 Å². The van der Waals surface area contributed by atoms with Gasteiger partial charge >= 0.3 is 0 Å². The zero-order valence-electron chi connectivity index (χ0n) is 12.1. The highest BCUT2D eigenvalue weighted by atomic mass is 79.9. The van der Waals surface area contributed by atoms with Crippen molar-refractivity contribution in [2.45, 2.75) is 19.4 Å². The minimum Gasteiger partial charge on any atom is -0.357 e. The van der Waals surface area contributed by atoms with Crippen LogP contribution in [0.5, 0.6) is 0 Å². The number of carbonyl (C=O) groups excluding carboxylic acids is 1. The number of nitrogens with one attached hydrogen (secondary N) is 1. The molecule has 1 aliphatic rings. The standard InChI is InChI=1S/C16H17BrN4O/c17-14-7-13(10-18-11-14)16(22)20-9-12-3-4-15(19-8-12)21-5-1-2-6-21/h3-4,7-8,10-11H,1-2,5-6,9H2,(H,20,22). The van der Waals surface area contributed by atoms with Gasteiger partial charge in [-0.1, -0.05) is 6.07 Å². The molecule has 0 spiro atoms. The number of nitrogens with zero attached hydrogens (tertiary/aromatic N) is 3. The lowest BCUT2D eigenvalue weighted by Crippen LogP contribution is -2.23. The van der Waals surface area contributed by atoms with Crippen LogP contribution in [0.1, 0.15) is 28.8 Å². The van der Waals surface area contributed by atoms with Crippen LogP contribution in [-0.2, 0) is 6.54 Å². The van der Waals surface area contributed by atoms with Gasteiger partial charge in [0.2, 0.25) is 0 Å². The quantitative estimate of drug-likeness (QED) is 0.910. The highest BCUT2D eigenvalue weighted by Crippen LogP contribution is 2.17. The van der Waals surface area contributed by atoms with Crippen molar-refractivity contribution in [1.29, 1.82) is 0 Å². The number of halogens is 1. The molecule has 0 aliphatic carbocycles. The first-order chi connectivity index (χ1) is 10.7. The third kappa shape index (κ3) is 3.62. The Bertz CT molecular complexity index is 653. The normalized spacial score (nSPS) is 14.1. The fraction of sp³-hybridized carbons (Fsp3) is 0.312. The topological polar surface area (TPSA) is 58.1 Å². The number of aromatic nitrogens is 2. The fourth-order valence-electron chi connectivity index (χ4n) is 2.47. The van der Waals surface area contributed by atoms with E-state index in [2.05, 4.69) is 36.1 Å². The molecule has 6 heteroatoms. The Balaban J connectivity index is 1.58. The van der Waals surface area contributed by atoms with Gasteiger partial charge in [-0.3, -0.25) is 9.78 Å². The molecule has 5 nitrogen and oxygen atoms in total. The molecule has 1 N–H and O–H groups in total. The molecule has 0 unspecified atom stereocenters. The molecule has 0 aromatic carbocycles. The van der Waals surface area contributed by atoms with Gasteiger partial charge < -0.3 is 10.2 Å². The largest absolute Gasteiger partial charge is 0.357 e. The van der Waals surface area contributed by atoms with E-state index in [1.807, 2.05) is 18.3 Å². The van der Waals surface area contributed by atoms with Crippen LogP contribution in [0.25, 0.3) is 0 Å². The predicted molar refractivity (Wildman–Crippen MR) is 88.8 cm³/mol. The van der Waals surface area contributed by atoms with Crippen LogP contribution in [0.3, 0.4) is 0 Å². The molecule has 114 valence electrons. The van der Waals surface area contributed by atoms with Crippen molar-refractivity contribution >= 4 is 27.7 Å². The molecule has 2 aromatic rings. The number of carbonyl (C=O) groups is 1. The van der Waals surface area contributed by atoms with Crippen LogP contribution >= 0.6 is 15.9 Å². The van der Waals surface area contributed by atoms with Gasteiger partial charge in [-0.25, -0.2) is 4.98 Å². The zero-order chi connectivity index (χ0) is 15.4. The Morgan fingerprint density at radius 1 is 1.23 bits per heavy atom. The first kappa shape index (κ1) is 15.0. The van der Waals surface area contributed by atoms with E-state index in [0.29, 0.717) is 12.1 Å². The Kier molecular flexibility index (Phi) is 4.68. The summed E-state index contributed by atoms with van der Waals surface area (Å²) in [6, 6.07) is 5.78. The SMILES string of the molecule is O=C(NCc1ccc(N2CCCC2)nc1)c1cncc(Br)c1. The molecule has 3 rings (SSSR count). The average molecular weight is 361 g/mol. The van der Waals surface area contributed by atoms with Crippen molar-refractivity contribution in [3.05, 3.63) is 52.4 Å². The van der Waals surface area contributed by atoms with Crippen LogP contribution in [0.4, 0.5) is 5.82 Å². The third-order valence-electron chi connectivity index (χ3n) is 3.66. The molecule has 0 bridgehead atoms. The summed E-state index contributed by atoms with van der Waals surface area (Å²) < 4.78 is 0.789. The summed E-state index contributed by atoms with van der Waals surface area (Å²) in [5.74, 6) is 0.876. The van der Waals surface area contributed by atoms with E-state index in [-0.39, 0.29) is 5.91 Å². The highest BCUT2D eigenvalue weighted by Gasteiger charge is 2.13. The van der Waals surface area contributed by atoms with Crippen LogP contribution in [0, 0.1) is 0 Å². The molecular weight excluding hydrogens is 344 g/mol. The lowest BCUT2D eigenvalue weighted by atomic mass is 10.2. The first-order valence-corrected chi connectivity index (χ1v) is 8.10. The van der Waals surface area contributed by atoms with Crippen molar-refractivity contribution in [3.8, 4) is 0 Å². The van der Waals surface area contributed by atoms with Gasteiger partial charge in [0.1, 0.15) is 5.82 Å². The van der Waals surface area contributed by atoms with Crippen LogP contribution in [0.2, 0.25) is 0 Å². The van der Waals surface area contributed by atoms with Gasteiger partial charge in [0, 0.05) is 42.7 Å². The van der Waals surface area contributed by atoms with E-state index in [0.717, 1.165) is 28.9 Å². The monoisotopic (exact) mass is 360 g/mol. The molecule has 1 amide bonds. The molecule has 0 atom stereocenters. The molecule has 0 saturated carbocycles. The van der Waals surface area contributed by atoms with Gasteiger partial charge in [0.05, 0.1) is 5.56 Å². The second-order valence-electron chi connectivity index (χ2n) is 5.29. The lowest BCUT2D eigenvalue weighted by molar-refractivity contribution is 0.0950. The minimum atomic E-state index is -0.141. The zero-order valence-corrected chi connectivity index (χ0v) is 13.7. The van der Waals surface area contributed by atoms with Gasteiger partial charge in [-0.15, -0.1) is 0 Å². The molecule has 22 heavy (non-hydrogen) atoms. The molecule has 1 fully saturated rings. The van der Waals surface area contributed by atoms with Crippen molar-refractivity contribution in [3.63, 3.8) is 0 Å². The maximum Gasteiger partial charge on any atom is 0.253 e. The predicted octanol–water partition coefficient (Wildman–Crippen LogP) is 2.77. The highest BCUT2D eigenvalue weighted by molar-refractivity contribution is 9.10. The van der Waals surface area contributed by atoms with E-state index in [9.17, 15) is 4.79 Å². The van der Waals surface area contributed by atoms with Crippen LogP contribution < -0.4 is 10.2 Å². The van der Waals surface area contributed by atoms with E-state index >= 15 is 0 Å². The number of rotatable bonds is 4. The Hall–Kier alpha value is -1.95. The maximum atomic E-state index is 12.0. The second kappa shape index (κ2) is 6.87. The second-order valence-corrected chi connectivity index (χ2v) is 6.21. The van der Waals surface area contributed by atoms with Gasteiger partial charge in [-0.05, 0) is 46.5 Å². The smallest absolute Gasteiger partial charge is 0.253 e. The first-order valence-electron chi connectivity index (χ1n) is 7.31. The summed E-state index contributed by atoms with van der Waals surface area (Å²) in [5.41, 5.74) is 1.52. The van der Waals surface area contributed by atoms with E-state index in [1.54, 1.807) is 18.5 Å². The summed E-state index contributed by atoms with van der Waals surface area (Å²) in [6.45, 7) is 2.62. The summed E-state index contributed by atoms with van der Waals surface area (Å²) in [7, 11) is 0. The number of amides is 1. The number of hydrogen-bond acceptors (Lipinski definition) is 4. The van der Waals surface area contributed by atoms with E-state index in [1.165, 1.54) is 12.8 Å². The Morgan fingerprint density at radius 3 is 2.73 bits per heavy atom. The van der Waals surface area contributed by atoms with Crippen LogP contribution in [-0.4, -0.2) is 29.0 Å². The van der Waals surface area contributed by atoms with Gasteiger partial charge in [-0.2, -0.15) is 0 Å². The fourth-order valence-corrected chi connectivity index (χ4v) is 2.84. The lowest BCUT2D eigenvalue weighted by Gasteiger charge is -2.16. The number of anilines is 1. The summed E-state index contributed by atoms with van der Waals surface area (Å²) in [4.78, 5) is 22.8. The molecule has 1 saturated heterocycles. The Labute approximate surface area is 137 Å². The molecule has 0 radical (unpaired) electrons. The molecular formula is C16H17BrN4O. The van der Waals surface area contributed by atoms with E-state index in [4.69, 9.17) is 0 Å². The Morgan fingerprint density at radius 2 is 2.05 bits per heavy atom. The van der Waals surface area contributed by atoms with Gasteiger partial charge in [0.15, 0.2) is 0 Å². The van der Waals surface area contributed by atoms with E-state index < -0.39 is 0 Å². The van der Waals surface area contributed by atoms with Crippen molar-refractivity contribution in [1.82, 2.24) is 15.3 Å². The van der Waals surface area contributed by atoms with Crippen molar-refractivity contribution < 1.29 is 4.79 Å². The summed E-state index contributed by atoms with van der Waals surface area (Å²) >= 11 is 3.31. The minimum absolute atomic E-state index is 0.141. The van der Waals surface area contributed by atoms with Crippen molar-refractivity contribution in [2.75, 3.05) is 18.0 Å². The molecule has 3 heterocycles. The summed E-state index contributed by atoms with van der Waals surface area (Å²) in [6.07, 6.45) is 7.50. The molecule has 2 aromatic heterocycles. The maximum absolute atomic E-state index is 12.0. The summed E-state index contributed by atoms with van der Waals surface area (Å²) in [5, 5.41) is 2.88. The number of hydrogen-bond donors (Lipinski definition) is 1. The third-order valence-corrected chi connectivity index (χ3v) is 4.09. The average Bonchev–Trinajstić information content (AvgIpc) is 3.07. The van der Waals surface area contributed by atoms with Crippen molar-refractivity contribution in [2.24, 2.45) is 0 Å². The number of pyridine rings is 2. The molecule has 1 aliphatic heterocycles. The van der Waals surface area contributed by atoms with Gasteiger partial charge in [0.25, 0.3) is 5.91 Å².